The van der Waals surface area contributed by atoms with Gasteiger partial charge in [0.15, 0.2) is 0 Å². The Hall–Kier alpha value is -2.37. The number of nitrogens with two attached hydrogens (primary N) is 2. The second-order valence-electron chi connectivity index (χ2n) is 3.35. The lowest BCUT2D eigenvalue weighted by molar-refractivity contribution is 0.0999. The van der Waals surface area contributed by atoms with Gasteiger partial charge in [0, 0.05) is 12.1 Å². The summed E-state index contributed by atoms with van der Waals surface area (Å²) in [5.41, 5.74) is 11.2. The number of urea groups is 1. The van der Waals surface area contributed by atoms with E-state index in [2.05, 4.69) is 0 Å². The first-order valence-electron chi connectivity index (χ1n) is 4.88. The summed E-state index contributed by atoms with van der Waals surface area (Å²) in [6, 6.07) is 5.82. The number of amides is 4. The maximum atomic E-state index is 11.1. The van der Waals surface area contributed by atoms with E-state index in [1.165, 1.54) is 6.41 Å². The van der Waals surface area contributed by atoms with E-state index in [1.807, 2.05) is 0 Å². The monoisotopic (exact) mass is 234 g/mol. The maximum Gasteiger partial charge on any atom is 0.321 e. The topological polar surface area (TPSA) is 106 Å². The van der Waals surface area contributed by atoms with Crippen molar-refractivity contribution in [3.05, 3.63) is 35.4 Å². The van der Waals surface area contributed by atoms with Crippen molar-refractivity contribution < 1.29 is 14.4 Å². The molecule has 1 radical (unpaired) electrons. The molecule has 0 saturated heterocycles. The zero-order chi connectivity index (χ0) is 12.8. The van der Waals surface area contributed by atoms with Crippen LogP contribution in [0.3, 0.4) is 0 Å². The van der Waals surface area contributed by atoms with Crippen molar-refractivity contribution in [2.24, 2.45) is 11.5 Å². The highest BCUT2D eigenvalue weighted by Gasteiger charge is 2.12. The Kier molecular flexibility index (Phi) is 4.21. The Labute approximate surface area is 98.2 Å². The predicted molar refractivity (Wildman–Crippen MR) is 60.6 cm³/mol. The number of primary amides is 2. The molecule has 1 aromatic carbocycles. The van der Waals surface area contributed by atoms with Crippen molar-refractivity contribution in [1.82, 2.24) is 4.90 Å². The van der Waals surface area contributed by atoms with Gasteiger partial charge in [0.2, 0.25) is 5.91 Å². The summed E-state index contributed by atoms with van der Waals surface area (Å²) in [4.78, 5) is 33.0. The van der Waals surface area contributed by atoms with Gasteiger partial charge in [0.1, 0.15) is 0 Å². The number of hydrogen-bond donors (Lipinski definition) is 2. The number of nitrogens with zero attached hydrogens (tertiary/aromatic N) is 1. The second-order valence-corrected chi connectivity index (χ2v) is 3.35. The molecular weight excluding hydrogens is 222 g/mol. The van der Waals surface area contributed by atoms with Gasteiger partial charge in [-0.2, -0.15) is 0 Å². The number of hydrogen-bond acceptors (Lipinski definition) is 3. The molecule has 0 unspecified atom stereocenters. The molecule has 0 aliphatic carbocycles. The third kappa shape index (κ3) is 3.30. The van der Waals surface area contributed by atoms with E-state index in [4.69, 9.17) is 11.5 Å². The van der Waals surface area contributed by atoms with Gasteiger partial charge in [0.05, 0.1) is 0 Å². The molecule has 1 aromatic rings. The molecule has 0 saturated carbocycles. The minimum atomic E-state index is -0.878. The fourth-order valence-electron chi connectivity index (χ4n) is 1.41. The smallest absolute Gasteiger partial charge is 0.321 e. The molecule has 4 amide bonds. The van der Waals surface area contributed by atoms with Gasteiger partial charge in [-0.1, -0.05) is 18.2 Å². The first-order valence-corrected chi connectivity index (χ1v) is 4.88. The van der Waals surface area contributed by atoms with Gasteiger partial charge in [-0.05, 0) is 18.1 Å². The number of benzene rings is 1. The number of carbonyl (C=O) groups excluding carboxylic acids is 3. The van der Waals surface area contributed by atoms with E-state index in [9.17, 15) is 14.4 Å². The van der Waals surface area contributed by atoms with Crippen LogP contribution in [-0.2, 0) is 11.2 Å². The predicted octanol–water partition coefficient (Wildman–Crippen LogP) is -0.224. The fourth-order valence-corrected chi connectivity index (χ4v) is 1.41. The Morgan fingerprint density at radius 3 is 2.41 bits per heavy atom. The van der Waals surface area contributed by atoms with Crippen LogP contribution in [0.4, 0.5) is 4.79 Å². The van der Waals surface area contributed by atoms with Crippen LogP contribution in [0, 0.1) is 0 Å². The van der Waals surface area contributed by atoms with E-state index in [-0.39, 0.29) is 6.54 Å². The summed E-state index contributed by atoms with van der Waals surface area (Å²) in [6.07, 6.45) is 1.72. The van der Waals surface area contributed by atoms with Crippen molar-refractivity contribution in [3.63, 3.8) is 0 Å². The van der Waals surface area contributed by atoms with E-state index < -0.39 is 11.9 Å². The van der Waals surface area contributed by atoms with Crippen LogP contribution >= 0.6 is 0 Å². The minimum absolute atomic E-state index is 0.0587. The van der Waals surface area contributed by atoms with Crippen molar-refractivity contribution in [1.29, 1.82) is 0 Å². The van der Waals surface area contributed by atoms with E-state index in [1.54, 1.807) is 24.3 Å². The normalized spacial score (nSPS) is 9.65. The van der Waals surface area contributed by atoms with Gasteiger partial charge in [0.25, 0.3) is 0 Å². The van der Waals surface area contributed by atoms with Crippen LogP contribution in [0.5, 0.6) is 0 Å². The average molecular weight is 234 g/mol. The molecule has 0 fully saturated rings. The molecule has 4 N–H and O–H groups in total. The SMILES string of the molecule is NC(=O)c1ccccc1CCN([C]=O)C(N)=O. The number of carbonyl (C=O) groups is 2. The summed E-state index contributed by atoms with van der Waals surface area (Å²) in [5.74, 6) is -0.554. The molecular formula is C11H12N3O3. The highest BCUT2D eigenvalue weighted by Crippen LogP contribution is 2.09. The van der Waals surface area contributed by atoms with Crippen LogP contribution in [0.25, 0.3) is 0 Å². The molecule has 1 rings (SSSR count). The lowest BCUT2D eigenvalue weighted by Crippen LogP contribution is -2.36. The fraction of sp³-hybridized carbons (Fsp3) is 0.182. The lowest BCUT2D eigenvalue weighted by atomic mass is 10.0. The lowest BCUT2D eigenvalue weighted by Gasteiger charge is -2.12. The minimum Gasteiger partial charge on any atom is -0.366 e. The quantitative estimate of drug-likeness (QED) is 0.687. The summed E-state index contributed by atoms with van der Waals surface area (Å²) in [7, 11) is 0. The van der Waals surface area contributed by atoms with Crippen LogP contribution in [0.1, 0.15) is 15.9 Å². The number of imide groups is 1. The molecule has 17 heavy (non-hydrogen) atoms. The Morgan fingerprint density at radius 1 is 1.24 bits per heavy atom. The number of rotatable bonds is 5. The summed E-state index contributed by atoms with van der Waals surface area (Å²) >= 11 is 0. The van der Waals surface area contributed by atoms with Crippen molar-refractivity contribution >= 4 is 18.3 Å². The zero-order valence-electron chi connectivity index (χ0n) is 9.05. The molecule has 0 aliphatic rings. The maximum absolute atomic E-state index is 11.1. The largest absolute Gasteiger partial charge is 0.366 e. The molecule has 0 heterocycles. The molecule has 89 valence electrons. The van der Waals surface area contributed by atoms with Crippen LogP contribution in [0.15, 0.2) is 24.3 Å². The third-order valence-electron chi connectivity index (χ3n) is 2.26. The summed E-state index contributed by atoms with van der Waals surface area (Å²) in [6.45, 7) is 0.0587. The van der Waals surface area contributed by atoms with Gasteiger partial charge < -0.3 is 11.5 Å². The van der Waals surface area contributed by atoms with Gasteiger partial charge >= 0.3 is 12.4 Å². The molecule has 0 bridgehead atoms. The van der Waals surface area contributed by atoms with Crippen molar-refractivity contribution in [2.45, 2.75) is 6.42 Å². The summed E-state index contributed by atoms with van der Waals surface area (Å²) in [5, 5.41) is 0. The Balaban J connectivity index is 2.78. The Morgan fingerprint density at radius 2 is 1.88 bits per heavy atom. The first-order chi connectivity index (χ1) is 8.06. The Bertz CT molecular complexity index is 445. The van der Waals surface area contributed by atoms with E-state index in [0.29, 0.717) is 22.4 Å². The molecule has 6 heteroatoms. The summed E-state index contributed by atoms with van der Waals surface area (Å²) < 4.78 is 0. The standard InChI is InChI=1S/C11H12N3O3/c12-10(16)9-4-2-1-3-8(9)5-6-14(7-15)11(13)17/h1-4H,5-6H2,(H2,12,16)(H2,13,17). The first kappa shape index (κ1) is 12.7. The average Bonchev–Trinajstić information content (AvgIpc) is 2.29. The van der Waals surface area contributed by atoms with E-state index in [0.717, 1.165) is 0 Å². The van der Waals surface area contributed by atoms with Crippen molar-refractivity contribution in [2.75, 3.05) is 6.54 Å². The molecule has 0 spiro atoms. The van der Waals surface area contributed by atoms with Crippen LogP contribution in [0.2, 0.25) is 0 Å². The van der Waals surface area contributed by atoms with Crippen molar-refractivity contribution in [3.8, 4) is 0 Å². The van der Waals surface area contributed by atoms with Gasteiger partial charge in [-0.3, -0.25) is 14.5 Å². The van der Waals surface area contributed by atoms with Gasteiger partial charge in [-0.25, -0.2) is 4.79 Å². The molecule has 0 aliphatic heterocycles. The zero-order valence-corrected chi connectivity index (χ0v) is 9.05. The second kappa shape index (κ2) is 5.64. The highest BCUT2D eigenvalue weighted by molar-refractivity contribution is 5.94. The molecule has 6 nitrogen and oxygen atoms in total. The van der Waals surface area contributed by atoms with Crippen LogP contribution in [-0.4, -0.2) is 29.8 Å². The van der Waals surface area contributed by atoms with Crippen LogP contribution < -0.4 is 11.5 Å². The highest BCUT2D eigenvalue weighted by atomic mass is 16.2. The molecule has 0 aromatic heterocycles. The van der Waals surface area contributed by atoms with Gasteiger partial charge in [-0.15, -0.1) is 0 Å². The van der Waals surface area contributed by atoms with E-state index >= 15 is 0 Å². The third-order valence-corrected chi connectivity index (χ3v) is 2.26. The molecule has 0 atom stereocenters.